The van der Waals surface area contributed by atoms with Gasteiger partial charge in [0.15, 0.2) is 0 Å². The van der Waals surface area contributed by atoms with E-state index in [-0.39, 0.29) is 39.4 Å². The Labute approximate surface area is 115 Å². The van der Waals surface area contributed by atoms with E-state index in [4.69, 9.17) is 0 Å². The third kappa shape index (κ3) is 3.31. The molecule has 2 rings (SSSR count). The van der Waals surface area contributed by atoms with Gasteiger partial charge >= 0.3 is 0 Å². The minimum Gasteiger partial charge on any atom is -0.358 e. The number of aromatic nitrogens is 2. The third-order valence-corrected chi connectivity index (χ3v) is 3.27. The highest BCUT2D eigenvalue weighted by molar-refractivity contribution is 8.04. The lowest BCUT2D eigenvalue weighted by Crippen LogP contribution is -2.21. The lowest BCUT2D eigenvalue weighted by atomic mass is 10.0. The van der Waals surface area contributed by atoms with Gasteiger partial charge < -0.3 is 5.32 Å². The van der Waals surface area contributed by atoms with Gasteiger partial charge in [-0.05, 0) is 0 Å². The van der Waals surface area contributed by atoms with E-state index in [1.807, 2.05) is 13.8 Å². The van der Waals surface area contributed by atoms with Crippen LogP contribution in [0.25, 0.3) is 0 Å². The number of rotatable bonds is 3. The summed E-state index contributed by atoms with van der Waals surface area (Å²) >= 11 is 1.05. The Hall–Kier alpha value is -1.89. The molecule has 0 saturated heterocycles. The van der Waals surface area contributed by atoms with Gasteiger partial charge in [0.2, 0.25) is 17.5 Å². The second kappa shape index (κ2) is 6.89. The monoisotopic (exact) mass is 281 g/mol. The average Bonchev–Trinajstić information content (AvgIpc) is 2.93. The number of aromatic amines is 1. The van der Waals surface area contributed by atoms with Gasteiger partial charge in [-0.15, -0.1) is 11.8 Å². The maximum atomic E-state index is 11.9. The van der Waals surface area contributed by atoms with Crippen molar-refractivity contribution in [2.45, 2.75) is 13.8 Å². The number of hydrogen-bond donors (Lipinski definition) is 2. The minimum atomic E-state index is -0.295. The molecule has 0 unspecified atom stereocenters. The Morgan fingerprint density at radius 2 is 2.11 bits per heavy atom. The summed E-state index contributed by atoms with van der Waals surface area (Å²) in [5, 5.41) is 8.59. The number of hydrogen-bond acceptors (Lipinski definition) is 5. The van der Waals surface area contributed by atoms with Crippen LogP contribution < -0.4 is 5.32 Å². The van der Waals surface area contributed by atoms with Crippen LogP contribution in [0.5, 0.6) is 0 Å². The smallest absolute Gasteiger partial charge is 0.230 e. The molecule has 0 aliphatic heterocycles. The Morgan fingerprint density at radius 3 is 2.74 bits per heavy atom. The largest absolute Gasteiger partial charge is 0.358 e. The molecule has 19 heavy (non-hydrogen) atoms. The predicted molar refractivity (Wildman–Crippen MR) is 73.2 cm³/mol. The molecule has 1 aromatic heterocycles. The average molecular weight is 281 g/mol. The maximum absolute atomic E-state index is 11.9. The number of amides is 1. The van der Waals surface area contributed by atoms with E-state index in [1.54, 1.807) is 0 Å². The van der Waals surface area contributed by atoms with E-state index in [1.165, 1.54) is 19.3 Å². The molecule has 1 aliphatic carbocycles. The van der Waals surface area contributed by atoms with Gasteiger partial charge in [0.25, 0.3) is 0 Å². The fourth-order valence-electron chi connectivity index (χ4n) is 1.36. The Kier molecular flexibility index (Phi) is 5.50. The summed E-state index contributed by atoms with van der Waals surface area (Å²) < 4.78 is 0. The first kappa shape index (κ1) is 15.2. The first-order chi connectivity index (χ1) is 9.13. The highest BCUT2D eigenvalue weighted by Gasteiger charge is 2.27. The molecular formula is C12H15N3O3S. The number of Topliss-reactive ketones (excluding diaryl/α,β-unsaturated/α-hetero) is 1. The molecule has 102 valence electrons. The van der Waals surface area contributed by atoms with Crippen LogP contribution in [-0.2, 0) is 4.79 Å². The van der Waals surface area contributed by atoms with Crippen LogP contribution in [0.3, 0.4) is 0 Å². The summed E-state index contributed by atoms with van der Waals surface area (Å²) in [4.78, 5) is 34.8. The van der Waals surface area contributed by atoms with E-state index >= 15 is 0 Å². The standard InChI is InChI=1S/C10H9N3O3S.C2H6/c1-11-8(15)4-17-7-2-6(14)9-5(10(7)16)3-12-13-9;1-2/h2-3H,4H2,1H3,(H,11,15)(H,12,13);1-2H3. The van der Waals surface area contributed by atoms with Crippen LogP contribution in [0.2, 0.25) is 0 Å². The van der Waals surface area contributed by atoms with Gasteiger partial charge in [-0.2, -0.15) is 5.10 Å². The number of nitrogens with zero attached hydrogens (tertiary/aromatic N) is 1. The van der Waals surface area contributed by atoms with Crippen LogP contribution in [0, 0.1) is 0 Å². The molecule has 1 aliphatic rings. The molecule has 0 fully saturated rings. The number of allylic oxidation sites excluding steroid dienone is 2. The molecule has 0 spiro atoms. The van der Waals surface area contributed by atoms with Crippen molar-refractivity contribution in [3.8, 4) is 0 Å². The molecule has 1 amide bonds. The van der Waals surface area contributed by atoms with Gasteiger partial charge in [0, 0.05) is 13.1 Å². The first-order valence-electron chi connectivity index (χ1n) is 5.81. The van der Waals surface area contributed by atoms with Crippen molar-refractivity contribution in [3.05, 3.63) is 28.4 Å². The third-order valence-electron chi connectivity index (χ3n) is 2.25. The van der Waals surface area contributed by atoms with Crippen molar-refractivity contribution in [3.63, 3.8) is 0 Å². The minimum absolute atomic E-state index is 0.106. The van der Waals surface area contributed by atoms with Crippen molar-refractivity contribution in [2.75, 3.05) is 12.8 Å². The molecule has 1 heterocycles. The highest BCUT2D eigenvalue weighted by Crippen LogP contribution is 2.26. The quantitative estimate of drug-likeness (QED) is 0.868. The number of H-pyrrole nitrogens is 1. The Morgan fingerprint density at radius 1 is 1.42 bits per heavy atom. The predicted octanol–water partition coefficient (Wildman–Crippen LogP) is 1.18. The Bertz CT molecular complexity index is 534. The SMILES string of the molecule is CC.CNC(=O)CSC1=CC(=O)c2[nH]ncc2C1=O. The number of ketones is 2. The summed E-state index contributed by atoms with van der Waals surface area (Å²) in [6, 6.07) is 0. The van der Waals surface area contributed by atoms with E-state index in [0.717, 1.165) is 11.8 Å². The number of fused-ring (bicyclic) bond motifs is 1. The number of nitrogens with one attached hydrogen (secondary N) is 2. The van der Waals surface area contributed by atoms with Crippen LogP contribution in [0.4, 0.5) is 0 Å². The maximum Gasteiger partial charge on any atom is 0.230 e. The van der Waals surface area contributed by atoms with Crippen LogP contribution in [0.1, 0.15) is 34.7 Å². The fraction of sp³-hybridized carbons (Fsp3) is 0.333. The first-order valence-corrected chi connectivity index (χ1v) is 6.79. The molecule has 1 aromatic rings. The van der Waals surface area contributed by atoms with Gasteiger partial charge in [-0.1, -0.05) is 13.8 Å². The van der Waals surface area contributed by atoms with Crippen molar-refractivity contribution < 1.29 is 14.4 Å². The lowest BCUT2D eigenvalue weighted by molar-refractivity contribution is -0.118. The molecule has 0 saturated carbocycles. The van der Waals surface area contributed by atoms with Crippen molar-refractivity contribution >= 4 is 29.2 Å². The second-order valence-corrected chi connectivity index (χ2v) is 4.34. The molecule has 0 atom stereocenters. The molecular weight excluding hydrogens is 266 g/mol. The van der Waals surface area contributed by atoms with Gasteiger partial charge in [0.05, 0.1) is 22.4 Å². The molecule has 0 bridgehead atoms. The zero-order chi connectivity index (χ0) is 14.4. The van der Waals surface area contributed by atoms with Crippen molar-refractivity contribution in [1.82, 2.24) is 15.5 Å². The molecule has 7 heteroatoms. The summed E-state index contributed by atoms with van der Waals surface area (Å²) in [7, 11) is 1.51. The van der Waals surface area contributed by atoms with E-state index in [9.17, 15) is 14.4 Å². The zero-order valence-corrected chi connectivity index (χ0v) is 11.8. The fourth-order valence-corrected chi connectivity index (χ4v) is 2.22. The van der Waals surface area contributed by atoms with Gasteiger partial charge in [-0.25, -0.2) is 0 Å². The summed E-state index contributed by atoms with van der Waals surface area (Å²) in [5.74, 6) is -0.665. The van der Waals surface area contributed by atoms with Crippen LogP contribution in [-0.4, -0.2) is 40.5 Å². The summed E-state index contributed by atoms with van der Waals surface area (Å²) in [6.07, 6.45) is 2.56. The van der Waals surface area contributed by atoms with E-state index in [2.05, 4.69) is 15.5 Å². The van der Waals surface area contributed by atoms with Crippen LogP contribution >= 0.6 is 11.8 Å². The van der Waals surface area contributed by atoms with Crippen molar-refractivity contribution in [1.29, 1.82) is 0 Å². The molecule has 2 N–H and O–H groups in total. The van der Waals surface area contributed by atoms with Crippen LogP contribution in [0.15, 0.2) is 17.2 Å². The number of carbonyl (C=O) groups excluding carboxylic acids is 3. The van der Waals surface area contributed by atoms with E-state index in [0.29, 0.717) is 0 Å². The van der Waals surface area contributed by atoms with Crippen molar-refractivity contribution in [2.24, 2.45) is 0 Å². The Balaban J connectivity index is 0.000000861. The normalized spacial score (nSPS) is 13.1. The van der Waals surface area contributed by atoms with Gasteiger partial charge in [0.1, 0.15) is 5.69 Å². The second-order valence-electron chi connectivity index (χ2n) is 3.32. The number of carbonyl (C=O) groups is 3. The van der Waals surface area contributed by atoms with E-state index < -0.39 is 0 Å². The molecule has 6 nitrogen and oxygen atoms in total. The number of thioether (sulfide) groups is 1. The zero-order valence-electron chi connectivity index (χ0n) is 10.9. The molecule has 0 radical (unpaired) electrons. The lowest BCUT2D eigenvalue weighted by Gasteiger charge is -2.09. The summed E-state index contributed by atoms with van der Waals surface area (Å²) in [6.45, 7) is 4.00. The highest BCUT2D eigenvalue weighted by atomic mass is 32.2. The topological polar surface area (TPSA) is 91.9 Å². The molecule has 0 aromatic carbocycles. The summed E-state index contributed by atoms with van der Waals surface area (Å²) in [5.41, 5.74) is 0.469. The van der Waals surface area contributed by atoms with Gasteiger partial charge in [-0.3, -0.25) is 19.5 Å².